The minimum atomic E-state index is 1.25. The van der Waals surface area contributed by atoms with Gasteiger partial charge in [0.25, 0.3) is 0 Å². The molecule has 0 spiro atoms. The first-order chi connectivity index (χ1) is 5.33. The van der Waals surface area contributed by atoms with E-state index in [1.165, 1.54) is 6.42 Å². The molecule has 0 aliphatic rings. The topological polar surface area (TPSA) is 0 Å². The van der Waals surface area contributed by atoms with E-state index >= 15 is 0 Å². The number of hydrogen-bond acceptors (Lipinski definition) is 0. The maximum Gasteiger partial charge on any atom is -0.0470 e. The zero-order valence-electron chi connectivity index (χ0n) is 9.86. The van der Waals surface area contributed by atoms with Crippen molar-refractivity contribution in [3.63, 3.8) is 0 Å². The fourth-order valence-electron chi connectivity index (χ4n) is 0. The Hall–Kier alpha value is -0.260. The van der Waals surface area contributed by atoms with Crippen LogP contribution in [0.5, 0.6) is 0 Å². The third-order valence-corrected chi connectivity index (χ3v) is 0.333. The highest BCUT2D eigenvalue weighted by Crippen LogP contribution is 1.57. The van der Waals surface area contributed by atoms with Crippen LogP contribution in [0.2, 0.25) is 0 Å². The van der Waals surface area contributed by atoms with Crippen LogP contribution >= 0.6 is 0 Å². The summed E-state index contributed by atoms with van der Waals surface area (Å²) in [5, 5.41) is 0. The summed E-state index contributed by atoms with van der Waals surface area (Å²) in [7, 11) is 0. The van der Waals surface area contributed by atoms with Crippen molar-refractivity contribution in [2.75, 3.05) is 0 Å². The Morgan fingerprint density at radius 3 is 0.818 bits per heavy atom. The normalized spacial score (nSPS) is 6.18. The van der Waals surface area contributed by atoms with Gasteiger partial charge in [0.1, 0.15) is 0 Å². The molecule has 0 aliphatic carbocycles. The Balaban J connectivity index is -0.0000000315. The number of rotatable bonds is 0. The molecule has 11 heavy (non-hydrogen) atoms. The molecule has 0 fully saturated rings. The van der Waals surface area contributed by atoms with E-state index in [1.807, 2.05) is 53.7 Å². The second-order valence-corrected chi connectivity index (χ2v) is 1.37. The Morgan fingerprint density at radius 1 is 0.727 bits per heavy atom. The van der Waals surface area contributed by atoms with Crippen LogP contribution < -0.4 is 0 Å². The van der Waals surface area contributed by atoms with Crippen molar-refractivity contribution >= 4 is 0 Å². The lowest BCUT2D eigenvalue weighted by Crippen LogP contribution is -1.27. The SMILES string of the molecule is C/C=C/C.CC.CC.CCC. The van der Waals surface area contributed by atoms with E-state index in [2.05, 4.69) is 13.8 Å². The maximum absolute atomic E-state index is 2.12. The van der Waals surface area contributed by atoms with E-state index in [-0.39, 0.29) is 0 Å². The highest BCUT2D eigenvalue weighted by molar-refractivity contribution is 4.68. The molecule has 0 aromatic carbocycles. The van der Waals surface area contributed by atoms with Crippen LogP contribution in [0, 0.1) is 0 Å². The van der Waals surface area contributed by atoms with Crippen molar-refractivity contribution in [1.29, 1.82) is 0 Å². The van der Waals surface area contributed by atoms with Crippen molar-refractivity contribution in [3.8, 4) is 0 Å². The summed E-state index contributed by atoms with van der Waals surface area (Å²) in [4.78, 5) is 0. The first-order valence-electron chi connectivity index (χ1n) is 4.90. The van der Waals surface area contributed by atoms with E-state index in [0.29, 0.717) is 0 Å². The lowest BCUT2D eigenvalue weighted by atomic mass is 10.6. The third kappa shape index (κ3) is 1070. The molecule has 0 rings (SSSR count). The van der Waals surface area contributed by atoms with Gasteiger partial charge in [-0.15, -0.1) is 0 Å². The molecule has 0 heteroatoms. The zero-order chi connectivity index (χ0) is 10.1. The second-order valence-electron chi connectivity index (χ2n) is 1.37. The van der Waals surface area contributed by atoms with Crippen LogP contribution in [0.4, 0.5) is 0 Å². The first kappa shape index (κ1) is 22.4. The Bertz CT molecular complexity index is 23.0. The van der Waals surface area contributed by atoms with E-state index in [9.17, 15) is 0 Å². The van der Waals surface area contributed by atoms with Crippen molar-refractivity contribution in [3.05, 3.63) is 12.2 Å². The van der Waals surface area contributed by atoms with Gasteiger partial charge in [-0.25, -0.2) is 0 Å². The fraction of sp³-hybridized carbons (Fsp3) is 0.818. The minimum Gasteiger partial charge on any atom is -0.0919 e. The minimum absolute atomic E-state index is 1.25. The zero-order valence-corrected chi connectivity index (χ0v) is 9.86. The average Bonchev–Trinajstić information content (AvgIpc) is 2.12. The molecule has 0 aromatic heterocycles. The molecule has 0 unspecified atom stereocenters. The predicted octanol–water partition coefficient (Wildman–Crippen LogP) is 5.05. The summed E-state index contributed by atoms with van der Waals surface area (Å²) in [6.07, 6.45) is 5.25. The van der Waals surface area contributed by atoms with Crippen LogP contribution in [0.1, 0.15) is 61.8 Å². The molecule has 0 amide bonds. The second kappa shape index (κ2) is 99.1. The summed E-state index contributed by atoms with van der Waals surface area (Å²) in [6.45, 7) is 16.2. The number of hydrogen-bond donors (Lipinski definition) is 0. The predicted molar refractivity (Wildman–Crippen MR) is 59.1 cm³/mol. The van der Waals surface area contributed by atoms with Gasteiger partial charge in [0.15, 0.2) is 0 Å². The Kier molecular flexibility index (Phi) is 202. The molecule has 0 atom stereocenters. The van der Waals surface area contributed by atoms with Gasteiger partial charge in [-0.1, -0.05) is 60.1 Å². The molecule has 0 heterocycles. The summed E-state index contributed by atoms with van der Waals surface area (Å²) in [5.41, 5.74) is 0. The molecule has 0 bridgehead atoms. The van der Waals surface area contributed by atoms with E-state index in [0.717, 1.165) is 0 Å². The van der Waals surface area contributed by atoms with Gasteiger partial charge in [-0.3, -0.25) is 0 Å². The largest absolute Gasteiger partial charge is 0.0919 e. The smallest absolute Gasteiger partial charge is 0.0470 e. The quantitative estimate of drug-likeness (QED) is 0.435. The molecule has 0 aromatic rings. The lowest BCUT2D eigenvalue weighted by Gasteiger charge is -1.49. The summed E-state index contributed by atoms with van der Waals surface area (Å²) in [6, 6.07) is 0. The Labute approximate surface area is 74.7 Å². The molecule has 0 N–H and O–H groups in total. The van der Waals surface area contributed by atoms with Gasteiger partial charge in [-0.2, -0.15) is 0 Å². The van der Waals surface area contributed by atoms with E-state index in [4.69, 9.17) is 0 Å². The molecular formula is C11H28. The van der Waals surface area contributed by atoms with E-state index < -0.39 is 0 Å². The highest BCUT2D eigenvalue weighted by atomic mass is 13.4. The molecule has 0 aliphatic heterocycles. The van der Waals surface area contributed by atoms with Crippen molar-refractivity contribution in [1.82, 2.24) is 0 Å². The van der Waals surface area contributed by atoms with Crippen LogP contribution in [0.3, 0.4) is 0 Å². The first-order valence-corrected chi connectivity index (χ1v) is 4.90. The molecular weight excluding hydrogens is 132 g/mol. The molecule has 0 saturated heterocycles. The van der Waals surface area contributed by atoms with Gasteiger partial charge in [0.2, 0.25) is 0 Å². The maximum atomic E-state index is 2.12. The average molecular weight is 160 g/mol. The monoisotopic (exact) mass is 160 g/mol. The summed E-state index contributed by atoms with van der Waals surface area (Å²) >= 11 is 0. The molecule has 0 nitrogen and oxygen atoms in total. The van der Waals surface area contributed by atoms with Gasteiger partial charge in [0, 0.05) is 0 Å². The number of allylic oxidation sites excluding steroid dienone is 2. The standard InChI is InChI=1S/C4H8.C3H8.2C2H6/c1-3-4-2;1-3-2;2*1-2/h3-4H,1-2H3;3H2,1-2H3;2*1-2H3/b4-3+;;;. The fourth-order valence-corrected chi connectivity index (χ4v) is 0. The molecule has 72 valence electrons. The summed E-state index contributed by atoms with van der Waals surface area (Å²) in [5.74, 6) is 0. The van der Waals surface area contributed by atoms with Gasteiger partial charge in [-0.05, 0) is 13.8 Å². The van der Waals surface area contributed by atoms with Crippen LogP contribution in [-0.2, 0) is 0 Å². The highest BCUT2D eigenvalue weighted by Gasteiger charge is 1.35. The summed E-state index contributed by atoms with van der Waals surface area (Å²) < 4.78 is 0. The van der Waals surface area contributed by atoms with Gasteiger partial charge < -0.3 is 0 Å². The molecule has 0 saturated carbocycles. The van der Waals surface area contributed by atoms with Crippen LogP contribution in [0.15, 0.2) is 12.2 Å². The van der Waals surface area contributed by atoms with Crippen molar-refractivity contribution in [2.24, 2.45) is 0 Å². The van der Waals surface area contributed by atoms with Crippen molar-refractivity contribution < 1.29 is 0 Å². The van der Waals surface area contributed by atoms with Crippen LogP contribution in [0.25, 0.3) is 0 Å². The molecule has 0 radical (unpaired) electrons. The van der Waals surface area contributed by atoms with E-state index in [1.54, 1.807) is 0 Å². The Morgan fingerprint density at radius 2 is 0.818 bits per heavy atom. The van der Waals surface area contributed by atoms with Crippen molar-refractivity contribution in [2.45, 2.75) is 61.8 Å². The van der Waals surface area contributed by atoms with Gasteiger partial charge >= 0.3 is 0 Å². The lowest BCUT2D eigenvalue weighted by molar-refractivity contribution is 1.09. The third-order valence-electron chi connectivity index (χ3n) is 0.333. The van der Waals surface area contributed by atoms with Crippen LogP contribution in [-0.4, -0.2) is 0 Å². The van der Waals surface area contributed by atoms with Gasteiger partial charge in [0.05, 0.1) is 0 Å².